The third kappa shape index (κ3) is 3.62. The molecule has 0 atom stereocenters. The van der Waals surface area contributed by atoms with Crippen LogP contribution in [-0.4, -0.2) is 22.9 Å². The molecule has 1 N–H and O–H groups in total. The van der Waals surface area contributed by atoms with E-state index in [1.54, 1.807) is 30.7 Å². The number of nitro groups is 1. The zero-order valence-electron chi connectivity index (χ0n) is 15.9. The Morgan fingerprint density at radius 2 is 2.03 bits per heavy atom. The fourth-order valence-electron chi connectivity index (χ4n) is 3.12. The molecule has 0 spiro atoms. The Morgan fingerprint density at radius 1 is 1.16 bits per heavy atom. The smallest absolute Gasteiger partial charge is 0.270 e. The number of rotatable bonds is 5. The molecule has 0 aliphatic carbocycles. The molecule has 10 heteroatoms. The summed E-state index contributed by atoms with van der Waals surface area (Å²) in [5.74, 6) is 0.974. The minimum absolute atomic E-state index is 0.00900. The van der Waals surface area contributed by atoms with Gasteiger partial charge in [0.15, 0.2) is 10.9 Å². The molecular formula is C21H13N3O5S2. The molecule has 2 aromatic carbocycles. The Hall–Kier alpha value is -3.76. The summed E-state index contributed by atoms with van der Waals surface area (Å²) >= 11 is 2.55. The number of nitrogens with zero attached hydrogens (tertiary/aromatic N) is 2. The first-order valence-corrected chi connectivity index (χ1v) is 10.7. The highest BCUT2D eigenvalue weighted by atomic mass is 32.1. The van der Waals surface area contributed by atoms with Crippen molar-refractivity contribution in [3.8, 4) is 17.2 Å². The highest BCUT2D eigenvalue weighted by Crippen LogP contribution is 2.33. The Morgan fingerprint density at radius 3 is 2.84 bits per heavy atom. The van der Waals surface area contributed by atoms with Gasteiger partial charge in [0, 0.05) is 39.1 Å². The maximum atomic E-state index is 12.7. The minimum atomic E-state index is -0.456. The first-order valence-electron chi connectivity index (χ1n) is 9.03. The molecule has 0 radical (unpaired) electrons. The van der Waals surface area contributed by atoms with Crippen LogP contribution >= 0.6 is 22.7 Å². The van der Waals surface area contributed by atoms with E-state index in [0.29, 0.717) is 38.2 Å². The summed E-state index contributed by atoms with van der Waals surface area (Å²) in [7, 11) is 1.60. The van der Waals surface area contributed by atoms with Crippen LogP contribution in [0.2, 0.25) is 0 Å². The summed E-state index contributed by atoms with van der Waals surface area (Å²) in [6.07, 6.45) is 0. The Balaban J connectivity index is 1.37. The number of methoxy groups -OCH3 is 1. The molecule has 0 saturated heterocycles. The van der Waals surface area contributed by atoms with Gasteiger partial charge < -0.3 is 9.15 Å². The molecule has 1 amide bonds. The molecule has 0 unspecified atom stereocenters. The number of non-ortho nitro benzene ring substituents is 1. The zero-order chi connectivity index (χ0) is 21.5. The van der Waals surface area contributed by atoms with Gasteiger partial charge in [-0.1, -0.05) is 0 Å². The molecule has 31 heavy (non-hydrogen) atoms. The second-order valence-electron chi connectivity index (χ2n) is 6.60. The number of aromatic nitrogens is 1. The van der Waals surface area contributed by atoms with E-state index in [1.165, 1.54) is 34.8 Å². The second kappa shape index (κ2) is 7.49. The maximum absolute atomic E-state index is 12.7. The van der Waals surface area contributed by atoms with Crippen molar-refractivity contribution in [1.82, 2.24) is 4.98 Å². The summed E-state index contributed by atoms with van der Waals surface area (Å²) < 4.78 is 11.9. The van der Waals surface area contributed by atoms with Gasteiger partial charge in [-0.2, -0.15) is 0 Å². The zero-order valence-corrected chi connectivity index (χ0v) is 17.6. The van der Waals surface area contributed by atoms with Gasteiger partial charge in [0.05, 0.1) is 16.9 Å². The average Bonchev–Trinajstić information content (AvgIpc) is 3.49. The molecule has 0 aliphatic heterocycles. The van der Waals surface area contributed by atoms with Gasteiger partial charge in [-0.3, -0.25) is 20.2 Å². The third-order valence-corrected chi connectivity index (χ3v) is 6.51. The van der Waals surface area contributed by atoms with Crippen molar-refractivity contribution in [2.75, 3.05) is 12.4 Å². The van der Waals surface area contributed by atoms with Crippen LogP contribution in [0.4, 0.5) is 10.8 Å². The monoisotopic (exact) mass is 451 g/mol. The normalized spacial score (nSPS) is 11.1. The highest BCUT2D eigenvalue weighted by Gasteiger charge is 2.16. The molecule has 0 fully saturated rings. The maximum Gasteiger partial charge on any atom is 0.270 e. The number of fused-ring (bicyclic) bond motifs is 2. The second-order valence-corrected chi connectivity index (χ2v) is 8.54. The van der Waals surface area contributed by atoms with Crippen molar-refractivity contribution in [3.63, 3.8) is 0 Å². The molecule has 5 rings (SSSR count). The summed E-state index contributed by atoms with van der Waals surface area (Å²) in [5.41, 5.74) is 1.29. The quantitative estimate of drug-likeness (QED) is 0.262. The standard InChI is InChI=1S/C21H13N3O5S2/c1-28-14-4-2-11-7-17(29-16(11)9-14)15-10-30-21(22-15)23-20(25)19-8-12-6-13(24(26)27)3-5-18(12)31-19/h2-10H,1H3,(H,22,23,25). The number of carbonyl (C=O) groups is 1. The number of anilines is 1. The number of thiophene rings is 1. The predicted molar refractivity (Wildman–Crippen MR) is 120 cm³/mol. The largest absolute Gasteiger partial charge is 0.497 e. The lowest BCUT2D eigenvalue weighted by atomic mass is 10.2. The van der Waals surface area contributed by atoms with Crippen LogP contribution in [-0.2, 0) is 0 Å². The molecule has 0 saturated carbocycles. The number of hydrogen-bond donors (Lipinski definition) is 1. The van der Waals surface area contributed by atoms with Crippen LogP contribution in [0.5, 0.6) is 5.75 Å². The Kier molecular flexibility index (Phi) is 4.64. The molecule has 0 bridgehead atoms. The van der Waals surface area contributed by atoms with Crippen LogP contribution in [0, 0.1) is 10.1 Å². The first kappa shape index (κ1) is 19.2. The van der Waals surface area contributed by atoms with E-state index in [0.717, 1.165) is 10.1 Å². The number of carbonyl (C=O) groups excluding carboxylic acids is 1. The lowest BCUT2D eigenvalue weighted by Crippen LogP contribution is -2.09. The van der Waals surface area contributed by atoms with Crippen molar-refractivity contribution >= 4 is 60.5 Å². The van der Waals surface area contributed by atoms with Crippen molar-refractivity contribution in [2.45, 2.75) is 0 Å². The summed E-state index contributed by atoms with van der Waals surface area (Å²) in [4.78, 5) is 28.0. The van der Waals surface area contributed by atoms with Gasteiger partial charge in [-0.05, 0) is 30.3 Å². The minimum Gasteiger partial charge on any atom is -0.497 e. The van der Waals surface area contributed by atoms with Crippen LogP contribution < -0.4 is 10.1 Å². The summed E-state index contributed by atoms with van der Waals surface area (Å²) in [6, 6.07) is 13.6. The average molecular weight is 451 g/mol. The van der Waals surface area contributed by atoms with E-state index in [1.807, 2.05) is 18.2 Å². The van der Waals surface area contributed by atoms with E-state index in [9.17, 15) is 14.9 Å². The number of nitro benzene ring substituents is 1. The fraction of sp³-hybridized carbons (Fsp3) is 0.0476. The molecule has 3 heterocycles. The van der Waals surface area contributed by atoms with Gasteiger partial charge in [0.25, 0.3) is 11.6 Å². The van der Waals surface area contributed by atoms with Gasteiger partial charge in [-0.15, -0.1) is 22.7 Å². The Bertz CT molecular complexity index is 1470. The number of amides is 1. The Labute approximate surface area is 182 Å². The number of thiazole rings is 1. The van der Waals surface area contributed by atoms with Gasteiger partial charge >= 0.3 is 0 Å². The summed E-state index contributed by atoms with van der Waals surface area (Å²) in [5, 5.41) is 17.5. The van der Waals surface area contributed by atoms with E-state index >= 15 is 0 Å². The molecule has 0 aliphatic rings. The van der Waals surface area contributed by atoms with E-state index < -0.39 is 4.92 Å². The summed E-state index contributed by atoms with van der Waals surface area (Å²) in [6.45, 7) is 0. The number of benzene rings is 2. The van der Waals surface area contributed by atoms with E-state index in [-0.39, 0.29) is 11.6 Å². The van der Waals surface area contributed by atoms with Crippen LogP contribution in [0.25, 0.3) is 32.5 Å². The van der Waals surface area contributed by atoms with Gasteiger partial charge in [0.2, 0.25) is 0 Å². The van der Waals surface area contributed by atoms with Crippen molar-refractivity contribution in [1.29, 1.82) is 0 Å². The van der Waals surface area contributed by atoms with Gasteiger partial charge in [-0.25, -0.2) is 4.98 Å². The van der Waals surface area contributed by atoms with E-state index in [4.69, 9.17) is 9.15 Å². The van der Waals surface area contributed by atoms with Crippen molar-refractivity contribution < 1.29 is 18.9 Å². The highest BCUT2D eigenvalue weighted by molar-refractivity contribution is 7.21. The number of furan rings is 1. The van der Waals surface area contributed by atoms with Crippen molar-refractivity contribution in [3.05, 3.63) is 68.9 Å². The molecule has 154 valence electrons. The number of ether oxygens (including phenoxy) is 1. The van der Waals surface area contributed by atoms with Crippen LogP contribution in [0.3, 0.4) is 0 Å². The first-order chi connectivity index (χ1) is 15.0. The van der Waals surface area contributed by atoms with Crippen molar-refractivity contribution in [2.24, 2.45) is 0 Å². The fourth-order valence-corrected chi connectivity index (χ4v) is 4.76. The SMILES string of the molecule is COc1ccc2cc(-c3csc(NC(=O)c4cc5cc([N+](=O)[O-])ccc5s4)n3)oc2c1. The van der Waals surface area contributed by atoms with E-state index in [2.05, 4.69) is 10.3 Å². The van der Waals surface area contributed by atoms with Gasteiger partial charge in [0.1, 0.15) is 17.0 Å². The number of nitrogens with one attached hydrogen (secondary N) is 1. The number of hydrogen-bond acceptors (Lipinski definition) is 8. The topological polar surface area (TPSA) is 108 Å². The lowest BCUT2D eigenvalue weighted by molar-refractivity contribution is -0.384. The molecular weight excluding hydrogens is 438 g/mol. The molecule has 5 aromatic rings. The van der Waals surface area contributed by atoms with Crippen LogP contribution in [0.1, 0.15) is 9.67 Å². The predicted octanol–water partition coefficient (Wildman–Crippen LogP) is 5.94. The molecule has 8 nitrogen and oxygen atoms in total. The van der Waals surface area contributed by atoms with Crippen LogP contribution in [0.15, 0.2) is 58.3 Å². The third-order valence-electron chi connectivity index (χ3n) is 4.64. The molecule has 3 aromatic heterocycles. The lowest BCUT2D eigenvalue weighted by Gasteiger charge is -1.97.